The third kappa shape index (κ3) is 3.74. The summed E-state index contributed by atoms with van der Waals surface area (Å²) in [4.78, 5) is 11.2. The highest BCUT2D eigenvalue weighted by molar-refractivity contribution is 5.35. The van der Waals surface area contributed by atoms with Crippen molar-refractivity contribution in [3.05, 3.63) is 29.8 Å². The maximum absolute atomic E-state index is 5.66. The van der Waals surface area contributed by atoms with Crippen molar-refractivity contribution in [2.75, 3.05) is 0 Å². The molecule has 1 unspecified atom stereocenters. The van der Waals surface area contributed by atoms with Gasteiger partial charge in [0, 0.05) is 5.56 Å². The van der Waals surface area contributed by atoms with Crippen molar-refractivity contribution in [3.63, 3.8) is 0 Å². The van der Waals surface area contributed by atoms with Gasteiger partial charge in [0.25, 0.3) is 0 Å². The smallest absolute Gasteiger partial charge is 0.168 e. The predicted molar refractivity (Wildman–Crippen MR) is 75.8 cm³/mol. The van der Waals surface area contributed by atoms with E-state index in [1.165, 1.54) is 5.56 Å². The highest BCUT2D eigenvalue weighted by Gasteiger charge is 2.28. The molecule has 2 heteroatoms. The topological polar surface area (TPSA) is 18.5 Å². The van der Waals surface area contributed by atoms with Gasteiger partial charge in [-0.15, -0.1) is 0 Å². The van der Waals surface area contributed by atoms with E-state index in [-0.39, 0.29) is 5.60 Å². The first-order valence-electron chi connectivity index (χ1n) is 6.83. The van der Waals surface area contributed by atoms with Gasteiger partial charge in [-0.05, 0) is 31.7 Å². The Morgan fingerprint density at radius 1 is 1.11 bits per heavy atom. The van der Waals surface area contributed by atoms with E-state index in [2.05, 4.69) is 47.6 Å². The molecular weight excluding hydrogens is 224 g/mol. The fourth-order valence-corrected chi connectivity index (χ4v) is 1.76. The van der Waals surface area contributed by atoms with Gasteiger partial charge >= 0.3 is 0 Å². The third-order valence-corrected chi connectivity index (χ3v) is 3.69. The highest BCUT2D eigenvalue weighted by atomic mass is 17.2. The number of rotatable bonds is 6. The van der Waals surface area contributed by atoms with Crippen LogP contribution in [0.4, 0.5) is 0 Å². The molecule has 0 N–H and O–H groups in total. The van der Waals surface area contributed by atoms with Gasteiger partial charge in [-0.2, -0.15) is 4.89 Å². The summed E-state index contributed by atoms with van der Waals surface area (Å²) in [7, 11) is 0. The second-order valence-corrected chi connectivity index (χ2v) is 5.77. The zero-order chi connectivity index (χ0) is 13.8. The Morgan fingerprint density at radius 2 is 1.72 bits per heavy atom. The molecule has 0 heterocycles. The standard InChI is InChI=1S/C16H26O2/c1-7-13(4)16(5,6)18-17-15-11-9-8-10-14(15)12(2)3/h8-13H,7H2,1-6H3. The van der Waals surface area contributed by atoms with Crippen LogP contribution in [0.25, 0.3) is 0 Å². The van der Waals surface area contributed by atoms with Crippen LogP contribution in [0.1, 0.15) is 59.4 Å². The molecule has 18 heavy (non-hydrogen) atoms. The van der Waals surface area contributed by atoms with E-state index in [1.54, 1.807) is 0 Å². The summed E-state index contributed by atoms with van der Waals surface area (Å²) in [5, 5.41) is 0. The fourth-order valence-electron chi connectivity index (χ4n) is 1.76. The van der Waals surface area contributed by atoms with Crippen molar-refractivity contribution in [2.45, 2.75) is 59.5 Å². The van der Waals surface area contributed by atoms with Crippen LogP contribution in [0.5, 0.6) is 5.75 Å². The van der Waals surface area contributed by atoms with Crippen molar-refractivity contribution in [1.29, 1.82) is 0 Å². The van der Waals surface area contributed by atoms with E-state index in [1.807, 2.05) is 18.2 Å². The van der Waals surface area contributed by atoms with Gasteiger partial charge in [0.05, 0.1) is 0 Å². The maximum Gasteiger partial charge on any atom is 0.168 e. The lowest BCUT2D eigenvalue weighted by Crippen LogP contribution is -2.33. The average Bonchev–Trinajstić information content (AvgIpc) is 2.35. The molecule has 1 aromatic rings. The number of hydrogen-bond donors (Lipinski definition) is 0. The Hall–Kier alpha value is -1.02. The predicted octanol–water partition coefficient (Wildman–Crippen LogP) is 4.95. The molecule has 0 fully saturated rings. The Kier molecular flexibility index (Phi) is 5.21. The van der Waals surface area contributed by atoms with Gasteiger partial charge in [-0.25, -0.2) is 0 Å². The van der Waals surface area contributed by atoms with Crippen molar-refractivity contribution < 1.29 is 9.78 Å². The number of hydrogen-bond acceptors (Lipinski definition) is 2. The van der Waals surface area contributed by atoms with Gasteiger partial charge in [0.1, 0.15) is 5.60 Å². The molecule has 0 radical (unpaired) electrons. The van der Waals surface area contributed by atoms with E-state index in [4.69, 9.17) is 9.78 Å². The van der Waals surface area contributed by atoms with Crippen LogP contribution < -0.4 is 4.89 Å². The molecule has 0 spiro atoms. The number of benzene rings is 1. The quantitative estimate of drug-likeness (QED) is 0.525. The average molecular weight is 250 g/mol. The summed E-state index contributed by atoms with van der Waals surface area (Å²) in [5.41, 5.74) is 0.899. The number of para-hydroxylation sites is 1. The molecule has 1 aromatic carbocycles. The highest BCUT2D eigenvalue weighted by Crippen LogP contribution is 2.29. The molecule has 1 atom stereocenters. The molecule has 0 saturated carbocycles. The van der Waals surface area contributed by atoms with Gasteiger partial charge in [0.15, 0.2) is 5.75 Å². The van der Waals surface area contributed by atoms with Gasteiger partial charge in [0.2, 0.25) is 0 Å². The Balaban J connectivity index is 2.75. The van der Waals surface area contributed by atoms with Crippen molar-refractivity contribution in [3.8, 4) is 5.75 Å². The fraction of sp³-hybridized carbons (Fsp3) is 0.625. The van der Waals surface area contributed by atoms with Crippen LogP contribution in [-0.4, -0.2) is 5.60 Å². The zero-order valence-corrected chi connectivity index (χ0v) is 12.5. The molecule has 0 aromatic heterocycles. The van der Waals surface area contributed by atoms with Crippen molar-refractivity contribution in [1.82, 2.24) is 0 Å². The van der Waals surface area contributed by atoms with E-state index in [0.717, 1.165) is 12.2 Å². The first-order valence-corrected chi connectivity index (χ1v) is 6.83. The van der Waals surface area contributed by atoms with Crippen LogP contribution in [0.3, 0.4) is 0 Å². The Labute approximate surface area is 111 Å². The van der Waals surface area contributed by atoms with E-state index >= 15 is 0 Å². The lowest BCUT2D eigenvalue weighted by molar-refractivity contribution is -0.295. The molecule has 0 aliphatic rings. The molecule has 102 valence electrons. The molecule has 0 amide bonds. The summed E-state index contributed by atoms with van der Waals surface area (Å²) in [6, 6.07) is 8.05. The Morgan fingerprint density at radius 3 is 2.28 bits per heavy atom. The molecular formula is C16H26O2. The lowest BCUT2D eigenvalue weighted by atomic mass is 9.91. The minimum Gasteiger partial charge on any atom is -0.337 e. The van der Waals surface area contributed by atoms with E-state index in [9.17, 15) is 0 Å². The molecule has 2 nitrogen and oxygen atoms in total. The largest absolute Gasteiger partial charge is 0.337 e. The van der Waals surface area contributed by atoms with Crippen LogP contribution in [-0.2, 0) is 4.89 Å². The molecule has 0 aliphatic heterocycles. The summed E-state index contributed by atoms with van der Waals surface area (Å²) in [6.45, 7) is 12.8. The van der Waals surface area contributed by atoms with E-state index < -0.39 is 0 Å². The third-order valence-electron chi connectivity index (χ3n) is 3.69. The van der Waals surface area contributed by atoms with Crippen LogP contribution in [0.15, 0.2) is 24.3 Å². The zero-order valence-electron chi connectivity index (χ0n) is 12.5. The van der Waals surface area contributed by atoms with Crippen LogP contribution in [0.2, 0.25) is 0 Å². The maximum atomic E-state index is 5.66. The summed E-state index contributed by atoms with van der Waals surface area (Å²) in [6.07, 6.45) is 1.07. The molecule has 0 saturated heterocycles. The normalized spacial score (nSPS) is 13.7. The molecule has 0 aliphatic carbocycles. The first-order chi connectivity index (χ1) is 8.38. The first kappa shape index (κ1) is 15.0. The minimum absolute atomic E-state index is 0.279. The minimum atomic E-state index is -0.279. The van der Waals surface area contributed by atoms with Gasteiger partial charge < -0.3 is 4.89 Å². The van der Waals surface area contributed by atoms with Crippen LogP contribution >= 0.6 is 0 Å². The second-order valence-electron chi connectivity index (χ2n) is 5.77. The second kappa shape index (κ2) is 6.24. The molecule has 0 bridgehead atoms. The monoisotopic (exact) mass is 250 g/mol. The van der Waals surface area contributed by atoms with Gasteiger partial charge in [-0.1, -0.05) is 52.3 Å². The van der Waals surface area contributed by atoms with Crippen molar-refractivity contribution in [2.24, 2.45) is 5.92 Å². The summed E-state index contributed by atoms with van der Waals surface area (Å²) in [5.74, 6) is 1.70. The summed E-state index contributed by atoms with van der Waals surface area (Å²) >= 11 is 0. The van der Waals surface area contributed by atoms with Gasteiger partial charge in [-0.3, -0.25) is 0 Å². The SMILES string of the molecule is CCC(C)C(C)(C)OOc1ccccc1C(C)C. The Bertz CT molecular complexity index is 369. The lowest BCUT2D eigenvalue weighted by Gasteiger charge is -2.29. The molecule has 1 rings (SSSR count). The summed E-state index contributed by atoms with van der Waals surface area (Å²) < 4.78 is 0. The van der Waals surface area contributed by atoms with Crippen LogP contribution in [0, 0.1) is 5.92 Å². The van der Waals surface area contributed by atoms with Crippen molar-refractivity contribution >= 4 is 0 Å². The van der Waals surface area contributed by atoms with E-state index in [0.29, 0.717) is 11.8 Å².